The van der Waals surface area contributed by atoms with E-state index in [4.69, 9.17) is 5.11 Å². The molecule has 0 aromatic heterocycles. The van der Waals surface area contributed by atoms with Crippen molar-refractivity contribution in [2.75, 3.05) is 0 Å². The zero-order valence-corrected chi connectivity index (χ0v) is 13.4. The van der Waals surface area contributed by atoms with Gasteiger partial charge in [0.25, 0.3) is 0 Å². The molecule has 0 saturated heterocycles. The second-order valence-corrected chi connectivity index (χ2v) is 6.28. The molecule has 0 saturated carbocycles. The molecule has 1 amide bonds. The summed E-state index contributed by atoms with van der Waals surface area (Å²) in [6, 6.07) is 17.7. The van der Waals surface area contributed by atoms with Crippen molar-refractivity contribution < 1.29 is 14.7 Å². The van der Waals surface area contributed by atoms with E-state index in [1.54, 1.807) is 0 Å². The number of aliphatic carboxylic acids is 1. The number of fused-ring (bicyclic) bond motifs is 1. The van der Waals surface area contributed by atoms with Crippen LogP contribution in [0, 0.1) is 0 Å². The molecule has 0 fully saturated rings. The van der Waals surface area contributed by atoms with Crippen LogP contribution in [-0.2, 0) is 22.4 Å². The fraction of sp³-hybridized carbons (Fsp3) is 0.300. The summed E-state index contributed by atoms with van der Waals surface area (Å²) >= 11 is 0. The van der Waals surface area contributed by atoms with Crippen LogP contribution in [0.1, 0.15) is 35.4 Å². The van der Waals surface area contributed by atoms with Crippen LogP contribution in [0.15, 0.2) is 54.6 Å². The van der Waals surface area contributed by atoms with E-state index in [0.29, 0.717) is 12.8 Å². The summed E-state index contributed by atoms with van der Waals surface area (Å²) in [5.74, 6) is -0.944. The van der Waals surface area contributed by atoms with Gasteiger partial charge in [-0.25, -0.2) is 0 Å². The van der Waals surface area contributed by atoms with E-state index in [9.17, 15) is 9.59 Å². The quantitative estimate of drug-likeness (QED) is 0.823. The van der Waals surface area contributed by atoms with Crippen LogP contribution in [0.3, 0.4) is 0 Å². The summed E-state index contributed by atoms with van der Waals surface area (Å²) in [7, 11) is 0. The average molecular weight is 323 g/mol. The fourth-order valence-electron chi connectivity index (χ4n) is 3.22. The highest BCUT2D eigenvalue weighted by Crippen LogP contribution is 2.35. The van der Waals surface area contributed by atoms with Gasteiger partial charge >= 0.3 is 5.97 Å². The van der Waals surface area contributed by atoms with E-state index in [2.05, 4.69) is 5.32 Å². The second-order valence-electron chi connectivity index (χ2n) is 6.28. The van der Waals surface area contributed by atoms with Gasteiger partial charge in [-0.1, -0.05) is 54.6 Å². The Morgan fingerprint density at radius 2 is 1.79 bits per heavy atom. The third-order valence-corrected chi connectivity index (χ3v) is 4.55. The zero-order valence-electron chi connectivity index (χ0n) is 13.4. The Bertz CT molecular complexity index is 727. The second kappa shape index (κ2) is 7.30. The van der Waals surface area contributed by atoms with E-state index < -0.39 is 5.97 Å². The van der Waals surface area contributed by atoms with Crippen molar-refractivity contribution in [1.82, 2.24) is 5.32 Å². The molecular formula is C20H21NO3. The molecule has 0 bridgehead atoms. The van der Waals surface area contributed by atoms with E-state index in [-0.39, 0.29) is 24.3 Å². The summed E-state index contributed by atoms with van der Waals surface area (Å²) in [6.07, 6.45) is 1.90. The third kappa shape index (κ3) is 3.82. The smallest absolute Gasteiger partial charge is 0.303 e. The highest BCUT2D eigenvalue weighted by Gasteiger charge is 2.32. The Balaban J connectivity index is 1.65. The van der Waals surface area contributed by atoms with Crippen molar-refractivity contribution in [1.29, 1.82) is 0 Å². The van der Waals surface area contributed by atoms with Gasteiger partial charge in [0.2, 0.25) is 5.91 Å². The topological polar surface area (TPSA) is 66.4 Å². The van der Waals surface area contributed by atoms with Crippen LogP contribution < -0.4 is 5.32 Å². The van der Waals surface area contributed by atoms with Crippen molar-refractivity contribution >= 4 is 11.9 Å². The molecule has 2 aromatic carbocycles. The van der Waals surface area contributed by atoms with Crippen molar-refractivity contribution in [3.05, 3.63) is 71.3 Å². The molecule has 124 valence electrons. The minimum Gasteiger partial charge on any atom is -0.481 e. The molecule has 1 aliphatic rings. The molecule has 2 atom stereocenters. The fourth-order valence-corrected chi connectivity index (χ4v) is 3.22. The largest absolute Gasteiger partial charge is 0.481 e. The van der Waals surface area contributed by atoms with Crippen LogP contribution in [0.25, 0.3) is 0 Å². The van der Waals surface area contributed by atoms with Gasteiger partial charge in [0.05, 0.1) is 5.92 Å². The summed E-state index contributed by atoms with van der Waals surface area (Å²) in [5.41, 5.74) is 3.41. The Hall–Kier alpha value is -2.62. The lowest BCUT2D eigenvalue weighted by Gasteiger charge is -2.30. The number of hydrogen-bond acceptors (Lipinski definition) is 2. The predicted molar refractivity (Wildman–Crippen MR) is 91.8 cm³/mol. The number of carboxylic acids is 1. The lowest BCUT2D eigenvalue weighted by molar-refractivity contribution is -0.137. The van der Waals surface area contributed by atoms with Crippen molar-refractivity contribution in [2.45, 2.75) is 37.6 Å². The Kier molecular flexibility index (Phi) is 4.94. The molecule has 24 heavy (non-hydrogen) atoms. The van der Waals surface area contributed by atoms with Gasteiger partial charge in [0.15, 0.2) is 0 Å². The maximum Gasteiger partial charge on any atom is 0.303 e. The predicted octanol–water partition coefficient (Wildman–Crippen LogP) is 2.92. The molecule has 0 radical (unpaired) electrons. The van der Waals surface area contributed by atoms with Gasteiger partial charge in [0, 0.05) is 12.5 Å². The first-order valence-corrected chi connectivity index (χ1v) is 8.27. The molecular weight excluding hydrogens is 302 g/mol. The minimum absolute atomic E-state index is 0.0000184. The molecule has 2 N–H and O–H groups in total. The molecule has 0 spiro atoms. The van der Waals surface area contributed by atoms with Crippen molar-refractivity contribution in [3.8, 4) is 0 Å². The van der Waals surface area contributed by atoms with Crippen LogP contribution in [0.5, 0.6) is 0 Å². The van der Waals surface area contributed by atoms with Gasteiger partial charge in [-0.2, -0.15) is 0 Å². The molecule has 1 aliphatic carbocycles. The maximum atomic E-state index is 12.6. The highest BCUT2D eigenvalue weighted by atomic mass is 16.4. The molecule has 0 heterocycles. The number of hydrogen-bond donors (Lipinski definition) is 2. The Labute approximate surface area is 141 Å². The zero-order chi connectivity index (χ0) is 16.9. The number of nitrogens with one attached hydrogen (secondary N) is 1. The van der Waals surface area contributed by atoms with Crippen LogP contribution in [0.2, 0.25) is 0 Å². The highest BCUT2D eigenvalue weighted by molar-refractivity contribution is 5.87. The monoisotopic (exact) mass is 323 g/mol. The van der Waals surface area contributed by atoms with Gasteiger partial charge in [-0.3, -0.25) is 9.59 Å². The average Bonchev–Trinajstić information content (AvgIpc) is 2.54. The minimum atomic E-state index is -0.837. The molecule has 3 rings (SSSR count). The van der Waals surface area contributed by atoms with E-state index in [0.717, 1.165) is 17.5 Å². The standard InChI is InChI=1S/C20H21NO3/c22-19(23)11-10-16(12-14-6-2-1-3-7-14)21-20(24)18-13-15-8-4-5-9-17(15)18/h1-9,16,18H,10-13H2,(H,21,24)(H,22,23). The summed E-state index contributed by atoms with van der Waals surface area (Å²) < 4.78 is 0. The number of amides is 1. The number of carbonyl (C=O) groups is 2. The van der Waals surface area contributed by atoms with Gasteiger partial charge in [-0.15, -0.1) is 0 Å². The van der Waals surface area contributed by atoms with Crippen LogP contribution in [-0.4, -0.2) is 23.0 Å². The van der Waals surface area contributed by atoms with Crippen molar-refractivity contribution in [3.63, 3.8) is 0 Å². The van der Waals surface area contributed by atoms with E-state index >= 15 is 0 Å². The Morgan fingerprint density at radius 1 is 1.08 bits per heavy atom. The summed E-state index contributed by atoms with van der Waals surface area (Å²) in [5, 5.41) is 12.0. The molecule has 4 heteroatoms. The Morgan fingerprint density at radius 3 is 2.50 bits per heavy atom. The number of carbonyl (C=O) groups excluding carboxylic acids is 1. The van der Waals surface area contributed by atoms with Gasteiger partial charge in [-0.05, 0) is 36.0 Å². The number of rotatable bonds is 7. The molecule has 2 aromatic rings. The van der Waals surface area contributed by atoms with E-state index in [1.165, 1.54) is 5.56 Å². The van der Waals surface area contributed by atoms with Crippen LogP contribution in [0.4, 0.5) is 0 Å². The van der Waals surface area contributed by atoms with Crippen LogP contribution >= 0.6 is 0 Å². The van der Waals surface area contributed by atoms with Gasteiger partial charge < -0.3 is 10.4 Å². The first-order valence-electron chi connectivity index (χ1n) is 8.27. The first-order chi connectivity index (χ1) is 11.6. The molecule has 0 aliphatic heterocycles. The SMILES string of the molecule is O=C(O)CCC(Cc1ccccc1)NC(=O)C1Cc2ccccc21. The maximum absolute atomic E-state index is 12.6. The number of benzene rings is 2. The summed E-state index contributed by atoms with van der Waals surface area (Å²) in [4.78, 5) is 23.5. The van der Waals surface area contributed by atoms with E-state index in [1.807, 2.05) is 54.6 Å². The molecule has 4 nitrogen and oxygen atoms in total. The van der Waals surface area contributed by atoms with Crippen molar-refractivity contribution in [2.24, 2.45) is 0 Å². The lowest BCUT2D eigenvalue weighted by atomic mass is 9.77. The van der Waals surface area contributed by atoms with Gasteiger partial charge in [0.1, 0.15) is 0 Å². The lowest BCUT2D eigenvalue weighted by Crippen LogP contribution is -2.42. The summed E-state index contributed by atoms with van der Waals surface area (Å²) in [6.45, 7) is 0. The third-order valence-electron chi connectivity index (χ3n) is 4.55. The molecule has 2 unspecified atom stereocenters. The first kappa shape index (κ1) is 16.2. The number of carboxylic acid groups (broad SMARTS) is 1. The normalized spacial score (nSPS) is 16.6.